The first-order chi connectivity index (χ1) is 1.91. The van der Waals surface area contributed by atoms with E-state index in [0.29, 0.717) is 0 Å². The number of allylic oxidation sites excluding steroid dienone is 2. The molecule has 0 heterocycles. The maximum absolute atomic E-state index is 2.00. The zero-order valence-electron chi connectivity index (χ0n) is 4.15. The second-order valence-corrected chi connectivity index (χ2v) is 0.667. The van der Waals surface area contributed by atoms with Crippen LogP contribution in [-0.4, -0.2) is 29.6 Å². The van der Waals surface area contributed by atoms with Crippen LogP contribution < -0.4 is 0 Å². The molecule has 0 spiro atoms. The van der Waals surface area contributed by atoms with Gasteiger partial charge in [0.2, 0.25) is 0 Å². The molecule has 1 heteroatoms. The fourth-order valence-corrected chi connectivity index (χ4v) is 0. The van der Waals surface area contributed by atoms with E-state index in [1.54, 1.807) is 0 Å². The van der Waals surface area contributed by atoms with Crippen LogP contribution in [0.25, 0.3) is 0 Å². The summed E-state index contributed by atoms with van der Waals surface area (Å²) in [6, 6.07) is 0. The Morgan fingerprint density at radius 3 is 1.20 bits per heavy atom. The van der Waals surface area contributed by atoms with Crippen LogP contribution in [0.5, 0.6) is 0 Å². The zero-order valence-corrected chi connectivity index (χ0v) is 6.15. The summed E-state index contributed by atoms with van der Waals surface area (Å²) in [5.74, 6) is 0. The first-order valence-corrected chi connectivity index (χ1v) is 1.49. The van der Waals surface area contributed by atoms with Gasteiger partial charge < -0.3 is 0 Å². The minimum absolute atomic E-state index is 0. The second kappa shape index (κ2) is 8.83. The van der Waals surface area contributed by atoms with E-state index in [1.807, 2.05) is 26.0 Å². The van der Waals surface area contributed by atoms with Crippen molar-refractivity contribution in [2.75, 3.05) is 0 Å². The molecule has 0 fully saturated rings. The van der Waals surface area contributed by atoms with Crippen molar-refractivity contribution in [2.24, 2.45) is 0 Å². The van der Waals surface area contributed by atoms with Crippen molar-refractivity contribution >= 4 is 29.6 Å². The summed E-state index contributed by atoms with van der Waals surface area (Å²) in [5.41, 5.74) is 0. The molecule has 0 saturated carbocycles. The van der Waals surface area contributed by atoms with Gasteiger partial charge in [-0.1, -0.05) is 12.2 Å². The van der Waals surface area contributed by atoms with Gasteiger partial charge in [0.1, 0.15) is 0 Å². The minimum Gasteiger partial charge on any atom is -0.0919 e. The third kappa shape index (κ3) is 11.8. The smallest absolute Gasteiger partial charge is 0 e. The van der Waals surface area contributed by atoms with Crippen LogP contribution in [0.2, 0.25) is 0 Å². The second-order valence-electron chi connectivity index (χ2n) is 0.667. The Bertz CT molecular complexity index is 18.8. The molecule has 0 amide bonds. The summed E-state index contributed by atoms with van der Waals surface area (Å²) in [4.78, 5) is 0. The molecule has 0 aromatic rings. The summed E-state index contributed by atoms with van der Waals surface area (Å²) >= 11 is 0. The van der Waals surface area contributed by atoms with E-state index in [9.17, 15) is 0 Å². The van der Waals surface area contributed by atoms with Crippen LogP contribution in [0, 0.1) is 0 Å². The molecule has 0 aliphatic carbocycles. The predicted octanol–water partition coefficient (Wildman–Crippen LogP) is 1.20. The standard InChI is InChI=1S/C4H8.Na/c1-3-4-2;/h3-4H,1-2H3;. The van der Waals surface area contributed by atoms with E-state index in [-0.39, 0.29) is 29.6 Å². The molecule has 0 bridgehead atoms. The Balaban J connectivity index is 0. The van der Waals surface area contributed by atoms with Gasteiger partial charge in [0.25, 0.3) is 0 Å². The molecule has 0 aromatic carbocycles. The van der Waals surface area contributed by atoms with E-state index >= 15 is 0 Å². The van der Waals surface area contributed by atoms with Crippen LogP contribution in [0.1, 0.15) is 13.8 Å². The monoisotopic (exact) mass is 79.1 g/mol. The fourth-order valence-electron chi connectivity index (χ4n) is 0. The summed E-state index contributed by atoms with van der Waals surface area (Å²) in [5, 5.41) is 0. The van der Waals surface area contributed by atoms with Gasteiger partial charge in [-0.25, -0.2) is 0 Å². The summed E-state index contributed by atoms with van der Waals surface area (Å²) < 4.78 is 0. The molecule has 5 heavy (non-hydrogen) atoms. The van der Waals surface area contributed by atoms with E-state index < -0.39 is 0 Å². The van der Waals surface area contributed by atoms with E-state index in [4.69, 9.17) is 0 Å². The average molecular weight is 79.1 g/mol. The molecule has 0 saturated heterocycles. The molecule has 1 radical (unpaired) electrons. The fraction of sp³-hybridized carbons (Fsp3) is 0.500. The Morgan fingerprint density at radius 2 is 1.20 bits per heavy atom. The predicted molar refractivity (Wildman–Crippen MR) is 26.2 cm³/mol. The Kier molecular flexibility index (Phi) is 16.3. The van der Waals surface area contributed by atoms with Crippen LogP contribution in [-0.2, 0) is 0 Å². The SMILES string of the molecule is CC=CC.[Na]. The van der Waals surface area contributed by atoms with Crippen molar-refractivity contribution in [1.82, 2.24) is 0 Å². The number of hydrogen-bond acceptors (Lipinski definition) is 0. The van der Waals surface area contributed by atoms with Gasteiger partial charge in [-0.15, -0.1) is 0 Å². The van der Waals surface area contributed by atoms with Crippen LogP contribution >= 0.6 is 0 Å². The van der Waals surface area contributed by atoms with E-state index in [0.717, 1.165) is 0 Å². The summed E-state index contributed by atoms with van der Waals surface area (Å²) in [7, 11) is 0. The van der Waals surface area contributed by atoms with Crippen molar-refractivity contribution in [3.05, 3.63) is 12.2 Å². The van der Waals surface area contributed by atoms with Crippen LogP contribution in [0.3, 0.4) is 0 Å². The normalized spacial score (nSPS) is 7.60. The molecular formula is C4H8Na. The van der Waals surface area contributed by atoms with Gasteiger partial charge in [0, 0.05) is 29.6 Å². The minimum atomic E-state index is 0. The van der Waals surface area contributed by atoms with Gasteiger partial charge in [-0.2, -0.15) is 0 Å². The molecule has 0 aliphatic rings. The summed E-state index contributed by atoms with van der Waals surface area (Å²) in [6.07, 6.45) is 4.00. The van der Waals surface area contributed by atoms with Crippen molar-refractivity contribution in [1.29, 1.82) is 0 Å². The molecule has 0 atom stereocenters. The summed E-state index contributed by atoms with van der Waals surface area (Å²) in [6.45, 7) is 4.00. The third-order valence-corrected chi connectivity index (χ3v) is 0.333. The van der Waals surface area contributed by atoms with Gasteiger partial charge >= 0.3 is 0 Å². The molecule has 0 rings (SSSR count). The molecule has 0 aliphatic heterocycles. The van der Waals surface area contributed by atoms with Crippen molar-refractivity contribution in [3.63, 3.8) is 0 Å². The third-order valence-electron chi connectivity index (χ3n) is 0.333. The van der Waals surface area contributed by atoms with Gasteiger partial charge in [0.05, 0.1) is 0 Å². The maximum Gasteiger partial charge on any atom is 0 e. The maximum atomic E-state index is 2.00. The van der Waals surface area contributed by atoms with E-state index in [1.165, 1.54) is 0 Å². The Morgan fingerprint density at radius 1 is 1.00 bits per heavy atom. The van der Waals surface area contributed by atoms with Gasteiger partial charge in [-0.05, 0) is 13.8 Å². The topological polar surface area (TPSA) is 0 Å². The molecule has 0 nitrogen and oxygen atoms in total. The largest absolute Gasteiger partial charge is 0.0919 e. The Labute approximate surface area is 55.6 Å². The van der Waals surface area contributed by atoms with Gasteiger partial charge in [0.15, 0.2) is 0 Å². The van der Waals surface area contributed by atoms with E-state index in [2.05, 4.69) is 0 Å². The average Bonchev–Trinajstić information content (AvgIpc) is 1.37. The first kappa shape index (κ1) is 9.22. The molecule has 0 unspecified atom stereocenters. The van der Waals surface area contributed by atoms with Crippen molar-refractivity contribution in [3.8, 4) is 0 Å². The van der Waals surface area contributed by atoms with Gasteiger partial charge in [-0.3, -0.25) is 0 Å². The van der Waals surface area contributed by atoms with Crippen molar-refractivity contribution < 1.29 is 0 Å². The van der Waals surface area contributed by atoms with Crippen LogP contribution in [0.4, 0.5) is 0 Å². The molecule has 0 N–H and O–H groups in total. The molecular weight excluding hydrogens is 71.0 g/mol. The number of hydrogen-bond donors (Lipinski definition) is 0. The number of rotatable bonds is 0. The molecule has 0 aromatic heterocycles. The zero-order chi connectivity index (χ0) is 3.41. The molecule has 25 valence electrons. The quantitative estimate of drug-likeness (QED) is 0.302. The Hall–Kier alpha value is 0.740. The van der Waals surface area contributed by atoms with Crippen LogP contribution in [0.15, 0.2) is 12.2 Å². The first-order valence-electron chi connectivity index (χ1n) is 1.49. The van der Waals surface area contributed by atoms with Crippen molar-refractivity contribution in [2.45, 2.75) is 13.8 Å².